The van der Waals surface area contributed by atoms with Crippen molar-refractivity contribution in [3.05, 3.63) is 58.6 Å². The molecule has 7 nitrogen and oxygen atoms in total. The maximum Gasteiger partial charge on any atom is 0.336 e. The number of aromatic nitrogens is 3. The fourth-order valence-corrected chi connectivity index (χ4v) is 5.09. The molecular weight excluding hydrogens is 402 g/mol. The Kier molecular flexibility index (Phi) is 5.08. The highest BCUT2D eigenvalue weighted by atomic mass is 32.2. The van der Waals surface area contributed by atoms with Gasteiger partial charge in [0.2, 0.25) is 5.82 Å². The average molecular weight is 423 g/mol. The van der Waals surface area contributed by atoms with Gasteiger partial charge in [0.1, 0.15) is 11.3 Å². The van der Waals surface area contributed by atoms with Crippen LogP contribution in [-0.2, 0) is 5.75 Å². The van der Waals surface area contributed by atoms with Gasteiger partial charge in [-0.05, 0) is 42.7 Å². The van der Waals surface area contributed by atoms with E-state index in [0.29, 0.717) is 23.1 Å². The molecule has 154 valence electrons. The number of thioether (sulfide) groups is 1. The van der Waals surface area contributed by atoms with Crippen LogP contribution in [0.15, 0.2) is 61.4 Å². The van der Waals surface area contributed by atoms with Crippen molar-refractivity contribution < 1.29 is 13.9 Å². The first-order valence-electron chi connectivity index (χ1n) is 10.1. The molecule has 3 heterocycles. The fraction of sp³-hybridized carbons (Fsp3) is 0.318. The van der Waals surface area contributed by atoms with Crippen LogP contribution in [0.25, 0.3) is 22.6 Å². The van der Waals surface area contributed by atoms with Gasteiger partial charge in [0.25, 0.3) is 0 Å². The summed E-state index contributed by atoms with van der Waals surface area (Å²) >= 11 is 1.54. The molecule has 1 N–H and O–H groups in total. The van der Waals surface area contributed by atoms with Crippen molar-refractivity contribution >= 4 is 22.7 Å². The van der Waals surface area contributed by atoms with Crippen molar-refractivity contribution in [2.24, 2.45) is 0 Å². The van der Waals surface area contributed by atoms with E-state index in [-0.39, 0.29) is 5.75 Å². The number of rotatable bonds is 5. The summed E-state index contributed by atoms with van der Waals surface area (Å²) in [6, 6.07) is 10.4. The molecule has 0 saturated heterocycles. The van der Waals surface area contributed by atoms with Crippen LogP contribution in [0.3, 0.4) is 0 Å². The fourth-order valence-electron chi connectivity index (χ4n) is 4.10. The Bertz CT molecular complexity index is 1220. The lowest BCUT2D eigenvalue weighted by atomic mass is 9.95. The first-order chi connectivity index (χ1) is 14.7. The van der Waals surface area contributed by atoms with Crippen LogP contribution in [0.5, 0.6) is 5.75 Å². The van der Waals surface area contributed by atoms with Crippen LogP contribution in [0, 0.1) is 0 Å². The van der Waals surface area contributed by atoms with Gasteiger partial charge in [-0.15, -0.1) is 10.2 Å². The molecule has 1 aliphatic carbocycles. The maximum absolute atomic E-state index is 12.0. The molecule has 5 rings (SSSR count). The molecular formula is C22H21N3O4S. The van der Waals surface area contributed by atoms with Gasteiger partial charge in [0.05, 0.1) is 6.26 Å². The Morgan fingerprint density at radius 1 is 1.13 bits per heavy atom. The second-order valence-corrected chi connectivity index (χ2v) is 8.45. The number of furan rings is 1. The van der Waals surface area contributed by atoms with Crippen molar-refractivity contribution in [2.75, 3.05) is 0 Å². The summed E-state index contributed by atoms with van der Waals surface area (Å²) in [5.74, 6) is 2.06. The summed E-state index contributed by atoms with van der Waals surface area (Å²) < 4.78 is 13.0. The Morgan fingerprint density at radius 2 is 2.00 bits per heavy atom. The summed E-state index contributed by atoms with van der Waals surface area (Å²) in [4.78, 5) is 12.0. The number of phenolic OH excluding ortho intramolecular Hbond substituents is 1. The molecule has 0 amide bonds. The van der Waals surface area contributed by atoms with E-state index in [0.717, 1.165) is 34.8 Å². The van der Waals surface area contributed by atoms with Gasteiger partial charge in [-0.3, -0.25) is 4.57 Å². The molecule has 1 fully saturated rings. The molecule has 8 heteroatoms. The Morgan fingerprint density at radius 3 is 2.80 bits per heavy atom. The lowest BCUT2D eigenvalue weighted by Gasteiger charge is -2.25. The molecule has 1 aromatic carbocycles. The van der Waals surface area contributed by atoms with Crippen LogP contribution < -0.4 is 5.63 Å². The largest absolute Gasteiger partial charge is 0.508 e. The van der Waals surface area contributed by atoms with E-state index in [9.17, 15) is 9.90 Å². The van der Waals surface area contributed by atoms with Crippen LogP contribution in [0.4, 0.5) is 0 Å². The van der Waals surface area contributed by atoms with Gasteiger partial charge in [-0.25, -0.2) is 4.79 Å². The molecule has 0 atom stereocenters. The third-order valence-corrected chi connectivity index (χ3v) is 6.51. The first-order valence-corrected chi connectivity index (χ1v) is 11.0. The van der Waals surface area contributed by atoms with E-state index in [1.807, 2.05) is 12.1 Å². The highest BCUT2D eigenvalue weighted by molar-refractivity contribution is 7.98. The van der Waals surface area contributed by atoms with Crippen molar-refractivity contribution in [2.45, 2.75) is 49.1 Å². The second-order valence-electron chi connectivity index (χ2n) is 7.51. The van der Waals surface area contributed by atoms with Crippen LogP contribution in [-0.4, -0.2) is 19.9 Å². The third-order valence-electron chi connectivity index (χ3n) is 5.52. The van der Waals surface area contributed by atoms with E-state index in [4.69, 9.17) is 8.83 Å². The molecule has 0 bridgehead atoms. The minimum Gasteiger partial charge on any atom is -0.508 e. The molecule has 1 saturated carbocycles. The van der Waals surface area contributed by atoms with Crippen LogP contribution in [0.1, 0.15) is 43.7 Å². The van der Waals surface area contributed by atoms with Gasteiger partial charge in [-0.1, -0.05) is 31.0 Å². The predicted octanol–water partition coefficient (Wildman–Crippen LogP) is 5.15. The maximum atomic E-state index is 12.0. The SMILES string of the molecule is O=c1cc(CSc2nnc(-c3ccco3)n2C2CCCCC2)c2ccc(O)cc2o1. The normalized spacial score (nSPS) is 15.1. The highest BCUT2D eigenvalue weighted by Gasteiger charge is 2.25. The van der Waals surface area contributed by atoms with Gasteiger partial charge >= 0.3 is 5.63 Å². The molecule has 3 aromatic heterocycles. The number of nitrogens with zero attached hydrogens (tertiary/aromatic N) is 3. The van der Waals surface area contributed by atoms with Crippen LogP contribution in [0.2, 0.25) is 0 Å². The average Bonchev–Trinajstić information content (AvgIpc) is 3.42. The zero-order chi connectivity index (χ0) is 20.5. The monoisotopic (exact) mass is 423 g/mol. The predicted molar refractivity (Wildman–Crippen MR) is 114 cm³/mol. The van der Waals surface area contributed by atoms with Gasteiger partial charge in [0, 0.05) is 29.3 Å². The van der Waals surface area contributed by atoms with E-state index in [2.05, 4.69) is 14.8 Å². The third kappa shape index (κ3) is 3.63. The first kappa shape index (κ1) is 19.0. The highest BCUT2D eigenvalue weighted by Crippen LogP contribution is 2.37. The topological polar surface area (TPSA) is 94.3 Å². The van der Waals surface area contributed by atoms with Crippen molar-refractivity contribution in [1.29, 1.82) is 0 Å². The second kappa shape index (κ2) is 8.02. The van der Waals surface area contributed by atoms with E-state index in [1.54, 1.807) is 30.2 Å². The summed E-state index contributed by atoms with van der Waals surface area (Å²) in [5, 5.41) is 20.2. The molecule has 0 unspecified atom stereocenters. The summed E-state index contributed by atoms with van der Waals surface area (Å²) in [6.45, 7) is 0. The number of hydrogen-bond donors (Lipinski definition) is 1. The summed E-state index contributed by atoms with van der Waals surface area (Å²) in [6.07, 6.45) is 7.48. The Labute approximate surface area is 176 Å². The molecule has 0 spiro atoms. The number of aromatic hydroxyl groups is 1. The molecule has 4 aromatic rings. The lowest BCUT2D eigenvalue weighted by molar-refractivity contribution is 0.337. The molecule has 1 aliphatic rings. The van der Waals surface area contributed by atoms with E-state index in [1.165, 1.54) is 31.4 Å². The summed E-state index contributed by atoms with van der Waals surface area (Å²) in [7, 11) is 0. The van der Waals surface area contributed by atoms with Gasteiger partial charge in [0.15, 0.2) is 10.9 Å². The summed E-state index contributed by atoms with van der Waals surface area (Å²) in [5.41, 5.74) is 0.779. The van der Waals surface area contributed by atoms with Crippen molar-refractivity contribution in [3.63, 3.8) is 0 Å². The zero-order valence-electron chi connectivity index (χ0n) is 16.3. The number of fused-ring (bicyclic) bond motifs is 1. The molecule has 0 radical (unpaired) electrons. The van der Waals surface area contributed by atoms with Crippen molar-refractivity contribution in [1.82, 2.24) is 14.8 Å². The van der Waals surface area contributed by atoms with E-state index < -0.39 is 5.63 Å². The zero-order valence-corrected chi connectivity index (χ0v) is 17.1. The van der Waals surface area contributed by atoms with E-state index >= 15 is 0 Å². The standard InChI is InChI=1S/C22H21N3O4S/c26-16-8-9-17-14(11-20(27)29-19(17)12-16)13-30-22-24-23-21(18-7-4-10-28-18)25(22)15-5-2-1-3-6-15/h4,7-12,15,26H,1-3,5-6,13H2. The Balaban J connectivity index is 1.50. The van der Waals surface area contributed by atoms with Crippen LogP contribution >= 0.6 is 11.8 Å². The van der Waals surface area contributed by atoms with Gasteiger partial charge in [-0.2, -0.15) is 0 Å². The molecule has 0 aliphatic heterocycles. The smallest absolute Gasteiger partial charge is 0.336 e. The number of benzene rings is 1. The quantitative estimate of drug-likeness (QED) is 0.350. The van der Waals surface area contributed by atoms with Crippen molar-refractivity contribution in [3.8, 4) is 17.3 Å². The minimum atomic E-state index is -0.436. The minimum absolute atomic E-state index is 0.0654. The molecule has 30 heavy (non-hydrogen) atoms. The van der Waals surface area contributed by atoms with Gasteiger partial charge < -0.3 is 13.9 Å². The number of phenols is 1. The Hall–Kier alpha value is -3.00. The lowest BCUT2D eigenvalue weighted by Crippen LogP contribution is -2.15. The number of hydrogen-bond acceptors (Lipinski definition) is 7.